The normalized spacial score (nSPS) is 17.0. The largest absolute Gasteiger partial charge is 0.497 e. The van der Waals surface area contributed by atoms with E-state index in [2.05, 4.69) is 56.6 Å². The molecule has 4 heteroatoms. The van der Waals surface area contributed by atoms with Gasteiger partial charge < -0.3 is 15.0 Å². The number of aryl methyl sites for hydroxylation is 1. The fourth-order valence-corrected chi connectivity index (χ4v) is 3.83. The fourth-order valence-electron chi connectivity index (χ4n) is 3.47. The molecule has 0 fully saturated rings. The maximum atomic E-state index is 5.23. The van der Waals surface area contributed by atoms with Gasteiger partial charge in [0.2, 0.25) is 0 Å². The lowest BCUT2D eigenvalue weighted by Crippen LogP contribution is -2.17. The molecular formula is C19H19BrN2O. The lowest BCUT2D eigenvalue weighted by atomic mass is 9.91. The van der Waals surface area contributed by atoms with Crippen molar-refractivity contribution in [3.63, 3.8) is 0 Å². The van der Waals surface area contributed by atoms with Gasteiger partial charge in [-0.25, -0.2) is 0 Å². The molecule has 2 aromatic carbocycles. The van der Waals surface area contributed by atoms with E-state index >= 15 is 0 Å². The zero-order chi connectivity index (χ0) is 15.8. The maximum absolute atomic E-state index is 5.23. The number of nitrogens with one attached hydrogen (secondary N) is 2. The van der Waals surface area contributed by atoms with Crippen LogP contribution in [0.5, 0.6) is 5.75 Å². The van der Waals surface area contributed by atoms with Crippen LogP contribution in [0.4, 0.5) is 5.69 Å². The Kier molecular flexibility index (Phi) is 3.77. The first-order valence-corrected chi connectivity index (χ1v) is 8.74. The van der Waals surface area contributed by atoms with Crippen molar-refractivity contribution in [2.45, 2.75) is 25.3 Å². The van der Waals surface area contributed by atoms with Crippen molar-refractivity contribution in [3.05, 3.63) is 58.2 Å². The number of aromatic amines is 1. The second-order valence-electron chi connectivity index (χ2n) is 6.02. The van der Waals surface area contributed by atoms with Crippen molar-refractivity contribution in [3.8, 4) is 5.75 Å². The zero-order valence-corrected chi connectivity index (χ0v) is 14.6. The SMILES string of the molecule is COc1ccc(N[C@H]2CCCc3c2[nH]c2ccc(Br)cc32)cc1. The molecule has 0 amide bonds. The monoisotopic (exact) mass is 370 g/mol. The van der Waals surface area contributed by atoms with Crippen LogP contribution < -0.4 is 10.1 Å². The van der Waals surface area contributed by atoms with Gasteiger partial charge in [0.15, 0.2) is 0 Å². The lowest BCUT2D eigenvalue weighted by molar-refractivity contribution is 0.415. The van der Waals surface area contributed by atoms with E-state index in [0.29, 0.717) is 6.04 Å². The fraction of sp³-hybridized carbons (Fsp3) is 0.263. The van der Waals surface area contributed by atoms with Crippen LogP contribution in [0, 0.1) is 0 Å². The number of rotatable bonds is 3. The van der Waals surface area contributed by atoms with Crippen molar-refractivity contribution in [1.82, 2.24) is 4.98 Å². The molecule has 0 aliphatic heterocycles. The van der Waals surface area contributed by atoms with Gasteiger partial charge in [-0.2, -0.15) is 0 Å². The van der Waals surface area contributed by atoms with E-state index < -0.39 is 0 Å². The minimum absolute atomic E-state index is 0.332. The topological polar surface area (TPSA) is 37.0 Å². The van der Waals surface area contributed by atoms with Crippen LogP contribution in [-0.2, 0) is 6.42 Å². The summed E-state index contributed by atoms with van der Waals surface area (Å²) < 4.78 is 6.36. The van der Waals surface area contributed by atoms with Crippen molar-refractivity contribution in [2.75, 3.05) is 12.4 Å². The Hall–Kier alpha value is -1.94. The zero-order valence-electron chi connectivity index (χ0n) is 13.0. The predicted molar refractivity (Wildman–Crippen MR) is 98.3 cm³/mol. The third kappa shape index (κ3) is 2.72. The van der Waals surface area contributed by atoms with Crippen LogP contribution in [0.1, 0.15) is 30.1 Å². The molecule has 0 spiro atoms. The summed E-state index contributed by atoms with van der Waals surface area (Å²) in [6, 6.07) is 14.9. The number of anilines is 1. The van der Waals surface area contributed by atoms with Crippen molar-refractivity contribution < 1.29 is 4.74 Å². The summed E-state index contributed by atoms with van der Waals surface area (Å²) >= 11 is 3.59. The summed E-state index contributed by atoms with van der Waals surface area (Å²) in [5.74, 6) is 0.885. The van der Waals surface area contributed by atoms with Crippen LogP contribution in [0.3, 0.4) is 0 Å². The summed E-state index contributed by atoms with van der Waals surface area (Å²) in [4.78, 5) is 3.63. The highest BCUT2D eigenvalue weighted by Gasteiger charge is 2.24. The molecular weight excluding hydrogens is 352 g/mol. The highest BCUT2D eigenvalue weighted by Crippen LogP contribution is 2.37. The number of hydrogen-bond donors (Lipinski definition) is 2. The minimum Gasteiger partial charge on any atom is -0.497 e. The molecule has 0 bridgehead atoms. The van der Waals surface area contributed by atoms with E-state index in [1.807, 2.05) is 12.1 Å². The second kappa shape index (κ2) is 5.93. The number of aromatic nitrogens is 1. The van der Waals surface area contributed by atoms with Crippen LogP contribution >= 0.6 is 15.9 Å². The van der Waals surface area contributed by atoms with Gasteiger partial charge in [0.05, 0.1) is 13.2 Å². The Bertz CT molecular complexity index is 838. The Labute approximate surface area is 144 Å². The molecule has 23 heavy (non-hydrogen) atoms. The van der Waals surface area contributed by atoms with Crippen molar-refractivity contribution >= 4 is 32.5 Å². The predicted octanol–water partition coefficient (Wildman–Crippen LogP) is 5.43. The molecule has 1 atom stereocenters. The number of H-pyrrole nitrogens is 1. The van der Waals surface area contributed by atoms with Crippen LogP contribution in [0.25, 0.3) is 10.9 Å². The van der Waals surface area contributed by atoms with E-state index in [-0.39, 0.29) is 0 Å². The average molecular weight is 371 g/mol. The Morgan fingerprint density at radius 2 is 2.00 bits per heavy atom. The standard InChI is InChI=1S/C19H19BrN2O/c1-23-14-8-6-13(7-9-14)21-18-4-2-3-15-16-11-12(20)5-10-17(16)22-19(15)18/h5-11,18,21-22H,2-4H2,1H3/t18-/m0/s1. The smallest absolute Gasteiger partial charge is 0.119 e. The van der Waals surface area contributed by atoms with Crippen molar-refractivity contribution in [1.29, 1.82) is 0 Å². The molecule has 1 heterocycles. The highest BCUT2D eigenvalue weighted by molar-refractivity contribution is 9.10. The molecule has 3 aromatic rings. The average Bonchev–Trinajstić information content (AvgIpc) is 2.95. The maximum Gasteiger partial charge on any atom is 0.119 e. The van der Waals surface area contributed by atoms with E-state index in [1.54, 1.807) is 7.11 Å². The van der Waals surface area contributed by atoms with E-state index in [0.717, 1.165) is 28.8 Å². The summed E-state index contributed by atoms with van der Waals surface area (Å²) in [5, 5.41) is 5.01. The van der Waals surface area contributed by atoms with Gasteiger partial charge in [0.1, 0.15) is 5.75 Å². The van der Waals surface area contributed by atoms with Crippen LogP contribution in [0.15, 0.2) is 46.9 Å². The Morgan fingerprint density at radius 3 is 2.78 bits per heavy atom. The number of hydrogen-bond acceptors (Lipinski definition) is 2. The molecule has 0 radical (unpaired) electrons. The van der Waals surface area contributed by atoms with Gasteiger partial charge in [0.25, 0.3) is 0 Å². The third-order valence-corrected chi connectivity index (χ3v) is 5.09. The second-order valence-corrected chi connectivity index (χ2v) is 6.94. The van der Waals surface area contributed by atoms with E-state index in [1.165, 1.54) is 28.6 Å². The third-order valence-electron chi connectivity index (χ3n) is 4.60. The molecule has 0 saturated carbocycles. The summed E-state index contributed by atoms with van der Waals surface area (Å²) in [6.45, 7) is 0. The van der Waals surface area contributed by atoms with Gasteiger partial charge >= 0.3 is 0 Å². The first-order chi connectivity index (χ1) is 11.2. The molecule has 2 N–H and O–H groups in total. The number of halogens is 1. The van der Waals surface area contributed by atoms with Crippen LogP contribution in [0.2, 0.25) is 0 Å². The molecule has 1 aliphatic rings. The van der Waals surface area contributed by atoms with Gasteiger partial charge in [-0.05, 0) is 67.3 Å². The van der Waals surface area contributed by atoms with E-state index in [9.17, 15) is 0 Å². The lowest BCUT2D eigenvalue weighted by Gasteiger charge is -2.25. The van der Waals surface area contributed by atoms with E-state index in [4.69, 9.17) is 4.74 Å². The first-order valence-electron chi connectivity index (χ1n) is 7.95. The summed E-state index contributed by atoms with van der Waals surface area (Å²) in [5.41, 5.74) is 5.14. The van der Waals surface area contributed by atoms with Crippen LogP contribution in [-0.4, -0.2) is 12.1 Å². The van der Waals surface area contributed by atoms with Gasteiger partial charge in [-0.15, -0.1) is 0 Å². The van der Waals surface area contributed by atoms with Gasteiger partial charge in [-0.3, -0.25) is 0 Å². The quantitative estimate of drug-likeness (QED) is 0.644. The molecule has 4 rings (SSSR count). The molecule has 118 valence electrons. The molecule has 0 saturated heterocycles. The van der Waals surface area contributed by atoms with Crippen molar-refractivity contribution in [2.24, 2.45) is 0 Å². The highest BCUT2D eigenvalue weighted by atomic mass is 79.9. The molecule has 1 aliphatic carbocycles. The Balaban J connectivity index is 1.68. The molecule has 0 unspecified atom stereocenters. The van der Waals surface area contributed by atoms with Gasteiger partial charge in [0, 0.05) is 26.8 Å². The number of benzene rings is 2. The van der Waals surface area contributed by atoms with Gasteiger partial charge in [-0.1, -0.05) is 15.9 Å². The molecule has 1 aromatic heterocycles. The summed E-state index contributed by atoms with van der Waals surface area (Å²) in [7, 11) is 1.69. The number of fused-ring (bicyclic) bond motifs is 3. The first kappa shape index (κ1) is 14.6. The Morgan fingerprint density at radius 1 is 1.17 bits per heavy atom. The minimum atomic E-state index is 0.332. The number of ether oxygens (including phenoxy) is 1. The molecule has 3 nitrogen and oxygen atoms in total. The number of methoxy groups -OCH3 is 1. The summed E-state index contributed by atoms with van der Waals surface area (Å²) in [6.07, 6.45) is 3.50.